The van der Waals surface area contributed by atoms with Gasteiger partial charge in [0.2, 0.25) is 11.8 Å². The fourth-order valence-electron chi connectivity index (χ4n) is 1.81. The van der Waals surface area contributed by atoms with Crippen molar-refractivity contribution in [3.8, 4) is 0 Å². The predicted molar refractivity (Wildman–Crippen MR) is 101 cm³/mol. The number of methoxy groups -OCH3 is 1. The van der Waals surface area contributed by atoms with E-state index in [0.29, 0.717) is 22.8 Å². The third-order valence-corrected chi connectivity index (χ3v) is 3.55. The fourth-order valence-corrected chi connectivity index (χ4v) is 2.20. The van der Waals surface area contributed by atoms with Crippen molar-refractivity contribution in [2.75, 3.05) is 17.7 Å². The zero-order chi connectivity index (χ0) is 18.8. The van der Waals surface area contributed by atoms with Crippen LogP contribution in [0.15, 0.2) is 18.2 Å². The first-order chi connectivity index (χ1) is 11.8. The number of carbonyl (C=O) groups excluding carboxylic acids is 3. The van der Waals surface area contributed by atoms with E-state index in [4.69, 9.17) is 23.8 Å². The Morgan fingerprint density at radius 3 is 2.48 bits per heavy atom. The van der Waals surface area contributed by atoms with Gasteiger partial charge in [0.05, 0.1) is 24.2 Å². The van der Waals surface area contributed by atoms with Crippen LogP contribution in [0.5, 0.6) is 0 Å². The molecule has 0 radical (unpaired) electrons. The molecule has 0 saturated heterocycles. The highest BCUT2D eigenvalue weighted by molar-refractivity contribution is 7.80. The number of amides is 2. The standard InChI is InChI=1S/C16H20ClN3O4S/c1-3-4-13(21)18-10-5-6-11(17)12(9-10)19-16(25)20-14(22)7-8-15(23)24-2/h5-6,9H,3-4,7-8H2,1-2H3,(H,18,21)(H2,19,20,22,25). The molecule has 2 amide bonds. The van der Waals surface area contributed by atoms with Crippen molar-refractivity contribution in [1.29, 1.82) is 0 Å². The smallest absolute Gasteiger partial charge is 0.306 e. The van der Waals surface area contributed by atoms with Gasteiger partial charge in [0, 0.05) is 18.5 Å². The Morgan fingerprint density at radius 1 is 1.12 bits per heavy atom. The highest BCUT2D eigenvalue weighted by Gasteiger charge is 2.10. The maximum Gasteiger partial charge on any atom is 0.306 e. The van der Waals surface area contributed by atoms with E-state index < -0.39 is 11.9 Å². The minimum atomic E-state index is -0.479. The summed E-state index contributed by atoms with van der Waals surface area (Å²) in [6.45, 7) is 1.91. The molecule has 1 aromatic rings. The Bertz CT molecular complexity index is 667. The van der Waals surface area contributed by atoms with Gasteiger partial charge in [0.1, 0.15) is 0 Å². The van der Waals surface area contributed by atoms with Gasteiger partial charge in [0.25, 0.3) is 0 Å². The predicted octanol–water partition coefficient (Wildman–Crippen LogP) is 2.84. The molecule has 0 aliphatic carbocycles. The minimum absolute atomic E-state index is 0.0359. The largest absolute Gasteiger partial charge is 0.469 e. The molecule has 25 heavy (non-hydrogen) atoms. The second kappa shape index (κ2) is 10.6. The van der Waals surface area contributed by atoms with Crippen LogP contribution < -0.4 is 16.0 Å². The maximum absolute atomic E-state index is 11.7. The molecule has 0 spiro atoms. The third kappa shape index (κ3) is 7.95. The van der Waals surface area contributed by atoms with Crippen LogP contribution >= 0.6 is 23.8 Å². The molecule has 1 rings (SSSR count). The van der Waals surface area contributed by atoms with Gasteiger partial charge < -0.3 is 20.7 Å². The van der Waals surface area contributed by atoms with Crippen molar-refractivity contribution in [3.05, 3.63) is 23.2 Å². The summed E-state index contributed by atoms with van der Waals surface area (Å²) < 4.78 is 4.46. The first-order valence-electron chi connectivity index (χ1n) is 7.62. The molecule has 0 saturated carbocycles. The van der Waals surface area contributed by atoms with Crippen molar-refractivity contribution in [2.24, 2.45) is 0 Å². The normalized spacial score (nSPS) is 9.88. The number of hydrogen-bond acceptors (Lipinski definition) is 5. The number of hydrogen-bond donors (Lipinski definition) is 3. The second-order valence-corrected chi connectivity index (χ2v) is 5.89. The fraction of sp³-hybridized carbons (Fsp3) is 0.375. The first kappa shape index (κ1) is 20.9. The highest BCUT2D eigenvalue weighted by atomic mass is 35.5. The van der Waals surface area contributed by atoms with Crippen molar-refractivity contribution in [1.82, 2.24) is 5.32 Å². The summed E-state index contributed by atoms with van der Waals surface area (Å²) in [6, 6.07) is 4.88. The SMILES string of the molecule is CCCC(=O)Nc1ccc(Cl)c(NC(=S)NC(=O)CCC(=O)OC)c1. The van der Waals surface area contributed by atoms with Crippen LogP contribution in [0.2, 0.25) is 5.02 Å². The molecule has 0 unspecified atom stereocenters. The number of thiocarbonyl (C=S) groups is 1. The Morgan fingerprint density at radius 2 is 1.84 bits per heavy atom. The summed E-state index contributed by atoms with van der Waals surface area (Å²) in [5.74, 6) is -1.01. The van der Waals surface area contributed by atoms with E-state index in [1.54, 1.807) is 18.2 Å². The summed E-state index contributed by atoms with van der Waals surface area (Å²) in [7, 11) is 1.25. The Labute approximate surface area is 156 Å². The molecular weight excluding hydrogens is 366 g/mol. The van der Waals surface area contributed by atoms with E-state index in [9.17, 15) is 14.4 Å². The number of benzene rings is 1. The summed E-state index contributed by atoms with van der Waals surface area (Å²) in [5, 5.41) is 8.39. The molecule has 0 heterocycles. The van der Waals surface area contributed by atoms with Gasteiger partial charge in [-0.05, 0) is 36.8 Å². The van der Waals surface area contributed by atoms with Crippen LogP contribution in [0.4, 0.5) is 11.4 Å². The monoisotopic (exact) mass is 385 g/mol. The lowest BCUT2D eigenvalue weighted by Crippen LogP contribution is -2.34. The van der Waals surface area contributed by atoms with Crippen LogP contribution in [0.1, 0.15) is 32.6 Å². The average Bonchev–Trinajstić information content (AvgIpc) is 2.55. The van der Waals surface area contributed by atoms with Crippen molar-refractivity contribution < 1.29 is 19.1 Å². The van der Waals surface area contributed by atoms with Crippen molar-refractivity contribution >= 4 is 58.1 Å². The Kier molecular flexibility index (Phi) is 8.87. The average molecular weight is 386 g/mol. The number of carbonyl (C=O) groups is 3. The molecule has 0 aliphatic heterocycles. The lowest BCUT2D eigenvalue weighted by atomic mass is 10.2. The van der Waals surface area contributed by atoms with Crippen molar-refractivity contribution in [3.63, 3.8) is 0 Å². The van der Waals surface area contributed by atoms with E-state index in [1.165, 1.54) is 7.11 Å². The van der Waals surface area contributed by atoms with E-state index in [2.05, 4.69) is 20.7 Å². The molecule has 0 fully saturated rings. The van der Waals surface area contributed by atoms with Crippen LogP contribution in [0, 0.1) is 0 Å². The van der Waals surface area contributed by atoms with Crippen LogP contribution in [-0.4, -0.2) is 30.0 Å². The number of anilines is 2. The quantitative estimate of drug-likeness (QED) is 0.493. The number of ether oxygens (including phenoxy) is 1. The number of halogens is 1. The number of rotatable bonds is 7. The van der Waals surface area contributed by atoms with E-state index >= 15 is 0 Å². The molecule has 136 valence electrons. The molecule has 7 nitrogen and oxygen atoms in total. The second-order valence-electron chi connectivity index (χ2n) is 5.07. The van der Waals surface area contributed by atoms with Gasteiger partial charge in [-0.3, -0.25) is 14.4 Å². The molecule has 3 N–H and O–H groups in total. The van der Waals surface area contributed by atoms with Gasteiger partial charge in [-0.1, -0.05) is 18.5 Å². The van der Waals surface area contributed by atoms with Gasteiger partial charge in [-0.2, -0.15) is 0 Å². The maximum atomic E-state index is 11.7. The lowest BCUT2D eigenvalue weighted by molar-refractivity contribution is -0.142. The Hall–Kier alpha value is -2.19. The topological polar surface area (TPSA) is 96.5 Å². The molecule has 0 aliphatic rings. The highest BCUT2D eigenvalue weighted by Crippen LogP contribution is 2.25. The zero-order valence-corrected chi connectivity index (χ0v) is 15.6. The molecule has 1 aromatic carbocycles. The third-order valence-electron chi connectivity index (χ3n) is 3.01. The van der Waals surface area contributed by atoms with Gasteiger partial charge in [0.15, 0.2) is 5.11 Å². The summed E-state index contributed by atoms with van der Waals surface area (Å²) in [5.41, 5.74) is 0.999. The van der Waals surface area contributed by atoms with E-state index in [-0.39, 0.29) is 23.9 Å². The molecule has 0 atom stereocenters. The number of esters is 1. The van der Waals surface area contributed by atoms with E-state index in [0.717, 1.165) is 6.42 Å². The zero-order valence-electron chi connectivity index (χ0n) is 14.0. The van der Waals surface area contributed by atoms with Gasteiger partial charge in [-0.25, -0.2) is 0 Å². The van der Waals surface area contributed by atoms with Crippen LogP contribution in [0.25, 0.3) is 0 Å². The summed E-state index contributed by atoms with van der Waals surface area (Å²) >= 11 is 11.1. The Balaban J connectivity index is 2.62. The molecular formula is C16H20ClN3O4S. The van der Waals surface area contributed by atoms with Crippen molar-refractivity contribution in [2.45, 2.75) is 32.6 Å². The van der Waals surface area contributed by atoms with Gasteiger partial charge >= 0.3 is 5.97 Å². The van der Waals surface area contributed by atoms with Crippen LogP contribution in [-0.2, 0) is 19.1 Å². The molecule has 0 bridgehead atoms. The first-order valence-corrected chi connectivity index (χ1v) is 8.41. The van der Waals surface area contributed by atoms with Gasteiger partial charge in [-0.15, -0.1) is 0 Å². The lowest BCUT2D eigenvalue weighted by Gasteiger charge is -2.13. The molecule has 0 aromatic heterocycles. The summed E-state index contributed by atoms with van der Waals surface area (Å²) in [4.78, 5) is 34.3. The van der Waals surface area contributed by atoms with E-state index in [1.807, 2.05) is 6.92 Å². The van der Waals surface area contributed by atoms with Crippen LogP contribution in [0.3, 0.4) is 0 Å². The summed E-state index contributed by atoms with van der Waals surface area (Å²) in [6.07, 6.45) is 1.08. The minimum Gasteiger partial charge on any atom is -0.469 e. The number of nitrogens with one attached hydrogen (secondary N) is 3. The molecule has 9 heteroatoms.